The molecule has 120 valence electrons. The van der Waals surface area contributed by atoms with Crippen molar-refractivity contribution in [2.75, 3.05) is 19.7 Å². The van der Waals surface area contributed by atoms with E-state index in [9.17, 15) is 4.79 Å². The lowest BCUT2D eigenvalue weighted by Gasteiger charge is -2.26. The van der Waals surface area contributed by atoms with Gasteiger partial charge in [-0.2, -0.15) is 0 Å². The molecule has 0 saturated carbocycles. The highest BCUT2D eigenvalue weighted by Crippen LogP contribution is 2.23. The maximum Gasteiger partial charge on any atom is 0.221 e. The van der Waals surface area contributed by atoms with Crippen molar-refractivity contribution in [3.63, 3.8) is 0 Å². The molecule has 0 aromatic heterocycles. The summed E-state index contributed by atoms with van der Waals surface area (Å²) >= 11 is 0. The van der Waals surface area contributed by atoms with Gasteiger partial charge in [-0.1, -0.05) is 18.2 Å². The minimum atomic E-state index is 0.147. The van der Waals surface area contributed by atoms with Gasteiger partial charge in [0, 0.05) is 32.1 Å². The SMILES string of the molecule is C=CCc1cc(CN2CCC(=O)NCC2C)ccc1OCC. The lowest BCUT2D eigenvalue weighted by Crippen LogP contribution is -2.37. The van der Waals surface area contributed by atoms with Gasteiger partial charge in [-0.3, -0.25) is 9.69 Å². The Balaban J connectivity index is 2.12. The molecule has 0 aliphatic carbocycles. The fourth-order valence-corrected chi connectivity index (χ4v) is 2.76. The molecule has 22 heavy (non-hydrogen) atoms. The van der Waals surface area contributed by atoms with Gasteiger partial charge in [0.1, 0.15) is 5.75 Å². The van der Waals surface area contributed by atoms with Crippen molar-refractivity contribution >= 4 is 5.91 Å². The number of carbonyl (C=O) groups is 1. The first-order valence-corrected chi connectivity index (χ1v) is 8.00. The standard InChI is InChI=1S/C18H26N2O2/c1-4-6-16-11-15(7-8-17(16)22-5-2)13-20-10-9-18(21)19-12-14(20)3/h4,7-8,11,14H,1,5-6,9-10,12-13H2,2-3H3,(H,19,21). The van der Waals surface area contributed by atoms with Crippen LogP contribution in [0, 0.1) is 0 Å². The van der Waals surface area contributed by atoms with Crippen LogP contribution in [0.4, 0.5) is 0 Å². The highest BCUT2D eigenvalue weighted by molar-refractivity contribution is 5.76. The summed E-state index contributed by atoms with van der Waals surface area (Å²) in [7, 11) is 0. The lowest BCUT2D eigenvalue weighted by atomic mass is 10.1. The highest BCUT2D eigenvalue weighted by atomic mass is 16.5. The molecule has 0 radical (unpaired) electrons. The zero-order valence-electron chi connectivity index (χ0n) is 13.6. The number of hydrogen-bond acceptors (Lipinski definition) is 3. The van der Waals surface area contributed by atoms with Crippen LogP contribution in [0.1, 0.15) is 31.4 Å². The predicted octanol–water partition coefficient (Wildman–Crippen LogP) is 2.52. The smallest absolute Gasteiger partial charge is 0.221 e. The topological polar surface area (TPSA) is 41.6 Å². The number of rotatable bonds is 6. The molecule has 0 spiro atoms. The van der Waals surface area contributed by atoms with Gasteiger partial charge in [0.15, 0.2) is 0 Å². The third kappa shape index (κ3) is 4.34. The molecule has 1 aromatic rings. The quantitative estimate of drug-likeness (QED) is 0.821. The van der Waals surface area contributed by atoms with Crippen LogP contribution in [0.3, 0.4) is 0 Å². The molecule has 1 N–H and O–H groups in total. The summed E-state index contributed by atoms with van der Waals surface area (Å²) in [6.07, 6.45) is 3.28. The van der Waals surface area contributed by atoms with Crippen molar-refractivity contribution in [1.82, 2.24) is 10.2 Å². The molecule has 1 aliphatic heterocycles. The van der Waals surface area contributed by atoms with Gasteiger partial charge >= 0.3 is 0 Å². The first kappa shape index (κ1) is 16.6. The number of hydrogen-bond donors (Lipinski definition) is 1. The first-order valence-electron chi connectivity index (χ1n) is 8.00. The van der Waals surface area contributed by atoms with Gasteiger partial charge in [0.05, 0.1) is 6.61 Å². The van der Waals surface area contributed by atoms with E-state index in [-0.39, 0.29) is 5.91 Å². The average molecular weight is 302 g/mol. The van der Waals surface area contributed by atoms with E-state index in [1.54, 1.807) is 0 Å². The molecule has 1 heterocycles. The number of carbonyl (C=O) groups excluding carboxylic acids is 1. The van der Waals surface area contributed by atoms with Crippen LogP contribution in [0.25, 0.3) is 0 Å². The van der Waals surface area contributed by atoms with Crippen LogP contribution in [-0.4, -0.2) is 36.5 Å². The Labute approximate surface area is 133 Å². The Morgan fingerprint density at radius 2 is 2.32 bits per heavy atom. The Kier molecular flexibility index (Phi) is 6.01. The monoisotopic (exact) mass is 302 g/mol. The second-order valence-corrected chi connectivity index (χ2v) is 5.74. The van der Waals surface area contributed by atoms with E-state index in [1.165, 1.54) is 11.1 Å². The minimum Gasteiger partial charge on any atom is -0.494 e. The minimum absolute atomic E-state index is 0.147. The number of nitrogens with one attached hydrogen (secondary N) is 1. The van der Waals surface area contributed by atoms with Crippen molar-refractivity contribution in [2.24, 2.45) is 0 Å². The fourth-order valence-electron chi connectivity index (χ4n) is 2.76. The Morgan fingerprint density at radius 3 is 3.05 bits per heavy atom. The molecule has 1 amide bonds. The van der Waals surface area contributed by atoms with Crippen LogP contribution >= 0.6 is 0 Å². The molecule has 1 saturated heterocycles. The summed E-state index contributed by atoms with van der Waals surface area (Å²) in [6.45, 7) is 11.0. The summed E-state index contributed by atoms with van der Waals surface area (Å²) in [5, 5.41) is 2.95. The largest absolute Gasteiger partial charge is 0.494 e. The Hall–Kier alpha value is -1.81. The molecule has 1 aromatic carbocycles. The van der Waals surface area contributed by atoms with Crippen molar-refractivity contribution in [1.29, 1.82) is 0 Å². The maximum absolute atomic E-state index is 11.5. The first-order chi connectivity index (χ1) is 10.6. The fraction of sp³-hybridized carbons (Fsp3) is 0.500. The molecule has 0 bridgehead atoms. The van der Waals surface area contributed by atoms with Crippen molar-refractivity contribution < 1.29 is 9.53 Å². The van der Waals surface area contributed by atoms with Crippen LogP contribution in [0.15, 0.2) is 30.9 Å². The van der Waals surface area contributed by atoms with Gasteiger partial charge in [0.2, 0.25) is 5.91 Å². The number of benzene rings is 1. The molecule has 1 fully saturated rings. The maximum atomic E-state index is 11.5. The average Bonchev–Trinajstić information content (AvgIpc) is 2.66. The van der Waals surface area contributed by atoms with Crippen molar-refractivity contribution in [2.45, 2.75) is 39.3 Å². The molecular formula is C18H26N2O2. The zero-order chi connectivity index (χ0) is 15.9. The summed E-state index contributed by atoms with van der Waals surface area (Å²) in [5.41, 5.74) is 2.42. The second-order valence-electron chi connectivity index (χ2n) is 5.74. The number of allylic oxidation sites excluding steroid dienone is 1. The third-order valence-electron chi connectivity index (χ3n) is 4.02. The summed E-state index contributed by atoms with van der Waals surface area (Å²) in [4.78, 5) is 13.9. The van der Waals surface area contributed by atoms with E-state index in [1.807, 2.05) is 19.1 Å². The Bertz CT molecular complexity index is 528. The third-order valence-corrected chi connectivity index (χ3v) is 4.02. The number of ether oxygens (including phenoxy) is 1. The predicted molar refractivity (Wildman–Crippen MR) is 89.0 cm³/mol. The van der Waals surface area contributed by atoms with E-state index >= 15 is 0 Å². The normalized spacial score (nSPS) is 19.4. The van der Waals surface area contributed by atoms with Crippen molar-refractivity contribution in [3.8, 4) is 5.75 Å². The van der Waals surface area contributed by atoms with Gasteiger partial charge in [0.25, 0.3) is 0 Å². The van der Waals surface area contributed by atoms with Crippen molar-refractivity contribution in [3.05, 3.63) is 42.0 Å². The van der Waals surface area contributed by atoms with Crippen LogP contribution in [0.5, 0.6) is 5.75 Å². The molecule has 4 heteroatoms. The molecular weight excluding hydrogens is 276 g/mol. The summed E-state index contributed by atoms with van der Waals surface area (Å²) in [5.74, 6) is 1.08. The van der Waals surface area contributed by atoms with E-state index in [0.29, 0.717) is 19.1 Å². The van der Waals surface area contributed by atoms with Gasteiger partial charge < -0.3 is 10.1 Å². The highest BCUT2D eigenvalue weighted by Gasteiger charge is 2.20. The summed E-state index contributed by atoms with van der Waals surface area (Å²) in [6, 6.07) is 6.70. The molecule has 1 aliphatic rings. The molecule has 1 unspecified atom stereocenters. The van der Waals surface area contributed by atoms with E-state index in [0.717, 1.165) is 31.8 Å². The number of nitrogens with zero attached hydrogens (tertiary/aromatic N) is 1. The number of amides is 1. The van der Waals surface area contributed by atoms with Gasteiger partial charge in [-0.25, -0.2) is 0 Å². The van der Waals surface area contributed by atoms with E-state index < -0.39 is 0 Å². The van der Waals surface area contributed by atoms with Crippen LogP contribution in [0.2, 0.25) is 0 Å². The Morgan fingerprint density at radius 1 is 1.50 bits per heavy atom. The van der Waals surface area contributed by atoms with E-state index in [2.05, 4.69) is 35.9 Å². The van der Waals surface area contributed by atoms with Gasteiger partial charge in [-0.15, -0.1) is 6.58 Å². The summed E-state index contributed by atoms with van der Waals surface area (Å²) < 4.78 is 5.67. The van der Waals surface area contributed by atoms with Gasteiger partial charge in [-0.05, 0) is 37.5 Å². The van der Waals surface area contributed by atoms with Crippen LogP contribution in [-0.2, 0) is 17.8 Å². The zero-order valence-corrected chi connectivity index (χ0v) is 13.6. The van der Waals surface area contributed by atoms with E-state index in [4.69, 9.17) is 4.74 Å². The molecule has 1 atom stereocenters. The molecule has 2 rings (SSSR count). The second kappa shape index (κ2) is 7.99. The lowest BCUT2D eigenvalue weighted by molar-refractivity contribution is -0.120. The van der Waals surface area contributed by atoms with Crippen LogP contribution < -0.4 is 10.1 Å². The molecule has 4 nitrogen and oxygen atoms in total.